The van der Waals surface area contributed by atoms with Gasteiger partial charge in [0.15, 0.2) is 0 Å². The number of hydrogen-bond donors (Lipinski definition) is 1. The number of likely N-dealkylation sites (tertiary alicyclic amines) is 1. The van der Waals surface area contributed by atoms with Crippen LogP contribution in [0.3, 0.4) is 0 Å². The molecule has 0 aromatic rings. The quantitative estimate of drug-likeness (QED) is 0.711. The Balaban J connectivity index is 1.91. The highest BCUT2D eigenvalue weighted by Gasteiger charge is 2.33. The van der Waals surface area contributed by atoms with Gasteiger partial charge in [-0.3, -0.25) is 0 Å². The van der Waals surface area contributed by atoms with Crippen LogP contribution < -0.4 is 5.32 Å². The Morgan fingerprint density at radius 1 is 1.05 bits per heavy atom. The van der Waals surface area contributed by atoms with Gasteiger partial charge in [0, 0.05) is 18.6 Å². The summed E-state index contributed by atoms with van der Waals surface area (Å²) < 4.78 is 0. The Labute approximate surface area is 133 Å². The molecule has 1 saturated carbocycles. The lowest BCUT2D eigenvalue weighted by molar-refractivity contribution is 0.127. The number of rotatable bonds is 8. The molecule has 0 amide bonds. The standard InChI is InChI=1S/C19H38N2/c1-4-8-16-10-11-19(20-12-5-2)17(14-16)15-21-13-7-9-18(21)6-3/h16-20H,4-15H2,1-3H3. The van der Waals surface area contributed by atoms with E-state index in [1.165, 1.54) is 77.4 Å². The van der Waals surface area contributed by atoms with Crippen molar-refractivity contribution in [2.24, 2.45) is 11.8 Å². The number of hydrogen-bond acceptors (Lipinski definition) is 2. The Hall–Kier alpha value is -0.0800. The van der Waals surface area contributed by atoms with Crippen LogP contribution >= 0.6 is 0 Å². The smallest absolute Gasteiger partial charge is 0.0108 e. The Kier molecular flexibility index (Phi) is 7.53. The molecule has 4 unspecified atom stereocenters. The predicted octanol–water partition coefficient (Wildman–Crippen LogP) is 4.45. The lowest BCUT2D eigenvalue weighted by atomic mass is 9.76. The van der Waals surface area contributed by atoms with Crippen LogP contribution in [-0.4, -0.2) is 36.6 Å². The molecule has 1 aliphatic heterocycles. The van der Waals surface area contributed by atoms with Gasteiger partial charge in [0.05, 0.1) is 0 Å². The van der Waals surface area contributed by atoms with Gasteiger partial charge in [-0.15, -0.1) is 0 Å². The molecule has 0 spiro atoms. The summed E-state index contributed by atoms with van der Waals surface area (Å²) in [5.74, 6) is 1.90. The zero-order valence-corrected chi connectivity index (χ0v) is 14.7. The maximum Gasteiger partial charge on any atom is 0.0108 e. The predicted molar refractivity (Wildman–Crippen MR) is 92.7 cm³/mol. The molecule has 0 radical (unpaired) electrons. The maximum atomic E-state index is 3.86. The largest absolute Gasteiger partial charge is 0.314 e. The molecule has 2 nitrogen and oxygen atoms in total. The highest BCUT2D eigenvalue weighted by Crippen LogP contribution is 2.34. The first kappa shape index (κ1) is 17.3. The molecule has 2 fully saturated rings. The topological polar surface area (TPSA) is 15.3 Å². The van der Waals surface area contributed by atoms with E-state index in [-0.39, 0.29) is 0 Å². The van der Waals surface area contributed by atoms with Crippen molar-refractivity contribution < 1.29 is 0 Å². The summed E-state index contributed by atoms with van der Waals surface area (Å²) in [5, 5.41) is 3.86. The van der Waals surface area contributed by atoms with Gasteiger partial charge in [-0.25, -0.2) is 0 Å². The van der Waals surface area contributed by atoms with Gasteiger partial charge in [-0.1, -0.05) is 33.6 Å². The summed E-state index contributed by atoms with van der Waals surface area (Å²) in [6, 6.07) is 1.67. The average molecular weight is 295 g/mol. The third kappa shape index (κ3) is 4.96. The molecule has 1 aliphatic carbocycles. The third-order valence-electron chi connectivity index (χ3n) is 5.88. The van der Waals surface area contributed by atoms with E-state index in [0.717, 1.165) is 23.9 Å². The van der Waals surface area contributed by atoms with Crippen LogP contribution in [0.1, 0.15) is 78.6 Å². The molecule has 21 heavy (non-hydrogen) atoms. The second-order valence-electron chi connectivity index (χ2n) is 7.49. The van der Waals surface area contributed by atoms with Gasteiger partial charge in [0.25, 0.3) is 0 Å². The molecule has 1 heterocycles. The van der Waals surface area contributed by atoms with Crippen molar-refractivity contribution in [1.29, 1.82) is 0 Å². The zero-order chi connectivity index (χ0) is 15.1. The second kappa shape index (κ2) is 9.15. The van der Waals surface area contributed by atoms with Gasteiger partial charge < -0.3 is 10.2 Å². The van der Waals surface area contributed by atoms with Gasteiger partial charge in [0.1, 0.15) is 0 Å². The van der Waals surface area contributed by atoms with E-state index in [2.05, 4.69) is 31.0 Å². The minimum absolute atomic E-state index is 0.788. The Morgan fingerprint density at radius 2 is 1.90 bits per heavy atom. The van der Waals surface area contributed by atoms with E-state index in [0.29, 0.717) is 0 Å². The Bertz CT molecular complexity index is 279. The minimum atomic E-state index is 0.788. The second-order valence-corrected chi connectivity index (χ2v) is 7.49. The number of nitrogens with zero attached hydrogens (tertiary/aromatic N) is 1. The van der Waals surface area contributed by atoms with E-state index in [1.54, 1.807) is 0 Å². The highest BCUT2D eigenvalue weighted by molar-refractivity contribution is 4.89. The molecule has 2 heteroatoms. The summed E-state index contributed by atoms with van der Waals surface area (Å²) in [5.41, 5.74) is 0. The molecule has 124 valence electrons. The normalized spacial score (nSPS) is 34.4. The van der Waals surface area contributed by atoms with Crippen LogP contribution in [0.5, 0.6) is 0 Å². The highest BCUT2D eigenvalue weighted by atomic mass is 15.2. The fraction of sp³-hybridized carbons (Fsp3) is 1.00. The molecule has 2 aliphatic rings. The lowest BCUT2D eigenvalue weighted by Gasteiger charge is -2.40. The van der Waals surface area contributed by atoms with Crippen LogP contribution in [0.4, 0.5) is 0 Å². The lowest BCUT2D eigenvalue weighted by Crippen LogP contribution is -2.47. The van der Waals surface area contributed by atoms with Gasteiger partial charge in [0.2, 0.25) is 0 Å². The fourth-order valence-electron chi connectivity index (χ4n) is 4.73. The molecule has 0 aromatic heterocycles. The first-order valence-electron chi connectivity index (χ1n) is 9.75. The average Bonchev–Trinajstić information content (AvgIpc) is 2.94. The van der Waals surface area contributed by atoms with E-state index in [4.69, 9.17) is 0 Å². The maximum absolute atomic E-state index is 3.86. The van der Waals surface area contributed by atoms with Crippen molar-refractivity contribution in [3.05, 3.63) is 0 Å². The minimum Gasteiger partial charge on any atom is -0.314 e. The van der Waals surface area contributed by atoms with Crippen molar-refractivity contribution in [1.82, 2.24) is 10.2 Å². The van der Waals surface area contributed by atoms with Crippen molar-refractivity contribution in [2.45, 2.75) is 90.6 Å². The van der Waals surface area contributed by atoms with Crippen molar-refractivity contribution in [2.75, 3.05) is 19.6 Å². The molecule has 0 bridgehead atoms. The summed E-state index contributed by atoms with van der Waals surface area (Å²) in [6.45, 7) is 10.9. The van der Waals surface area contributed by atoms with Crippen LogP contribution in [0.2, 0.25) is 0 Å². The number of nitrogens with one attached hydrogen (secondary N) is 1. The molecule has 1 N–H and O–H groups in total. The summed E-state index contributed by atoms with van der Waals surface area (Å²) in [4.78, 5) is 2.82. The van der Waals surface area contributed by atoms with E-state index < -0.39 is 0 Å². The summed E-state index contributed by atoms with van der Waals surface area (Å²) in [6.07, 6.45) is 12.7. The first-order valence-corrected chi connectivity index (χ1v) is 9.75. The summed E-state index contributed by atoms with van der Waals surface area (Å²) >= 11 is 0. The molecule has 2 rings (SSSR count). The summed E-state index contributed by atoms with van der Waals surface area (Å²) in [7, 11) is 0. The SMILES string of the molecule is CCCNC1CCC(CCC)CC1CN1CCCC1CC. The van der Waals surface area contributed by atoms with Crippen molar-refractivity contribution in [3.63, 3.8) is 0 Å². The monoisotopic (exact) mass is 294 g/mol. The van der Waals surface area contributed by atoms with E-state index in [1.807, 2.05) is 0 Å². The Morgan fingerprint density at radius 3 is 2.62 bits per heavy atom. The molecule has 4 atom stereocenters. The van der Waals surface area contributed by atoms with E-state index in [9.17, 15) is 0 Å². The third-order valence-corrected chi connectivity index (χ3v) is 5.88. The van der Waals surface area contributed by atoms with Crippen LogP contribution in [0, 0.1) is 11.8 Å². The fourth-order valence-corrected chi connectivity index (χ4v) is 4.73. The zero-order valence-electron chi connectivity index (χ0n) is 14.7. The van der Waals surface area contributed by atoms with Gasteiger partial charge in [-0.2, -0.15) is 0 Å². The van der Waals surface area contributed by atoms with Crippen LogP contribution in [-0.2, 0) is 0 Å². The van der Waals surface area contributed by atoms with Crippen molar-refractivity contribution in [3.8, 4) is 0 Å². The molecule has 1 saturated heterocycles. The molecular formula is C19H38N2. The first-order chi connectivity index (χ1) is 10.3. The van der Waals surface area contributed by atoms with Gasteiger partial charge in [-0.05, 0) is 69.9 Å². The molecular weight excluding hydrogens is 256 g/mol. The van der Waals surface area contributed by atoms with Crippen LogP contribution in [0.25, 0.3) is 0 Å². The van der Waals surface area contributed by atoms with E-state index >= 15 is 0 Å². The van der Waals surface area contributed by atoms with Gasteiger partial charge >= 0.3 is 0 Å². The van der Waals surface area contributed by atoms with Crippen molar-refractivity contribution >= 4 is 0 Å². The molecule has 0 aromatic carbocycles. The van der Waals surface area contributed by atoms with Crippen LogP contribution in [0.15, 0.2) is 0 Å².